The molecular weight excluding hydrogens is 258 g/mol. The fourth-order valence-electron chi connectivity index (χ4n) is 1.67. The minimum Gasteiger partial charge on any atom is -0.298 e. The summed E-state index contributed by atoms with van der Waals surface area (Å²) < 4.78 is 0. The summed E-state index contributed by atoms with van der Waals surface area (Å²) in [5.41, 5.74) is 7.15. The third-order valence-corrected chi connectivity index (χ3v) is 2.77. The van der Waals surface area contributed by atoms with Gasteiger partial charge in [-0.2, -0.15) is 0 Å². The van der Waals surface area contributed by atoms with E-state index in [1.54, 1.807) is 0 Å². The zero-order chi connectivity index (χ0) is 14.5. The van der Waals surface area contributed by atoms with E-state index in [-0.39, 0.29) is 11.3 Å². The minimum absolute atomic E-state index is 0.117. The number of anilines is 1. The van der Waals surface area contributed by atoms with Gasteiger partial charge >= 0.3 is 0 Å². The van der Waals surface area contributed by atoms with E-state index in [0.717, 1.165) is 11.3 Å². The van der Waals surface area contributed by atoms with E-state index >= 15 is 0 Å². The number of para-hydroxylation sites is 1. The van der Waals surface area contributed by atoms with Crippen molar-refractivity contribution in [2.24, 2.45) is 0 Å². The normalized spacial score (nSPS) is 9.85. The zero-order valence-electron chi connectivity index (χ0n) is 10.8. The first-order chi connectivity index (χ1) is 9.58. The van der Waals surface area contributed by atoms with Gasteiger partial charge in [-0.15, -0.1) is 0 Å². The summed E-state index contributed by atoms with van der Waals surface area (Å²) in [6.07, 6.45) is 0. The number of nitrogens with zero attached hydrogens (tertiary/aromatic N) is 1. The third-order valence-electron chi connectivity index (χ3n) is 2.77. The highest BCUT2D eigenvalue weighted by Gasteiger charge is 2.11. The fourth-order valence-corrected chi connectivity index (χ4v) is 1.67. The Morgan fingerprint density at radius 3 is 2.60 bits per heavy atom. The maximum Gasteiger partial charge on any atom is 0.270 e. The molecule has 2 aromatic carbocycles. The smallest absolute Gasteiger partial charge is 0.270 e. The second-order valence-electron chi connectivity index (χ2n) is 4.20. The second-order valence-corrected chi connectivity index (χ2v) is 4.20. The first-order valence-electron chi connectivity index (χ1n) is 5.94. The summed E-state index contributed by atoms with van der Waals surface area (Å²) in [6, 6.07) is 13.0. The Hall–Kier alpha value is -2.89. The zero-order valence-corrected chi connectivity index (χ0v) is 10.8. The summed E-state index contributed by atoms with van der Waals surface area (Å²) in [7, 11) is 0. The number of non-ortho nitro benzene ring substituents is 1. The van der Waals surface area contributed by atoms with Crippen LogP contribution in [-0.2, 0) is 0 Å². The molecule has 0 heterocycles. The van der Waals surface area contributed by atoms with Gasteiger partial charge in [-0.3, -0.25) is 25.8 Å². The number of carbonyl (C=O) groups excluding carboxylic acids is 1. The highest BCUT2D eigenvalue weighted by Crippen LogP contribution is 2.14. The molecule has 0 fully saturated rings. The summed E-state index contributed by atoms with van der Waals surface area (Å²) in [5.74, 6) is -0.433. The van der Waals surface area contributed by atoms with Crippen LogP contribution >= 0.6 is 0 Å². The molecule has 1 amide bonds. The van der Waals surface area contributed by atoms with E-state index in [2.05, 4.69) is 10.9 Å². The van der Waals surface area contributed by atoms with Crippen LogP contribution in [0.2, 0.25) is 0 Å². The molecule has 0 unspecified atom stereocenters. The standard InChI is InChI=1S/C14H13N3O3/c1-10-5-2-3-8-13(10)15-16-14(18)11-6-4-7-12(9-11)17(19)20/h2-9,15H,1H3,(H,16,18). The molecule has 0 radical (unpaired) electrons. The Balaban J connectivity index is 2.07. The molecule has 0 aliphatic heterocycles. The predicted molar refractivity (Wildman–Crippen MR) is 75.4 cm³/mol. The van der Waals surface area contributed by atoms with Gasteiger partial charge in [0.1, 0.15) is 0 Å². The molecule has 102 valence electrons. The maximum atomic E-state index is 11.9. The number of nitro benzene ring substituents is 1. The Bertz CT molecular complexity index is 656. The number of hydrogen-bond acceptors (Lipinski definition) is 4. The molecule has 2 aromatic rings. The lowest BCUT2D eigenvalue weighted by molar-refractivity contribution is -0.384. The third kappa shape index (κ3) is 3.11. The molecule has 20 heavy (non-hydrogen) atoms. The molecule has 6 nitrogen and oxygen atoms in total. The Morgan fingerprint density at radius 2 is 1.90 bits per heavy atom. The van der Waals surface area contributed by atoms with Crippen molar-refractivity contribution >= 4 is 17.3 Å². The van der Waals surface area contributed by atoms with Crippen molar-refractivity contribution in [1.29, 1.82) is 0 Å². The van der Waals surface area contributed by atoms with Gasteiger partial charge in [0, 0.05) is 17.7 Å². The van der Waals surface area contributed by atoms with E-state index in [0.29, 0.717) is 0 Å². The lowest BCUT2D eigenvalue weighted by Gasteiger charge is -2.10. The summed E-state index contributed by atoms with van der Waals surface area (Å²) in [6.45, 7) is 1.90. The van der Waals surface area contributed by atoms with E-state index in [1.165, 1.54) is 24.3 Å². The van der Waals surface area contributed by atoms with Gasteiger partial charge in [0.05, 0.1) is 10.6 Å². The van der Waals surface area contributed by atoms with Crippen molar-refractivity contribution in [3.05, 3.63) is 69.8 Å². The predicted octanol–water partition coefficient (Wildman–Crippen LogP) is 2.66. The second kappa shape index (κ2) is 5.83. The number of benzene rings is 2. The number of carbonyl (C=O) groups is 1. The molecule has 2 rings (SSSR count). The lowest BCUT2D eigenvalue weighted by Crippen LogP contribution is -2.29. The molecule has 0 saturated heterocycles. The fraction of sp³-hybridized carbons (Fsp3) is 0.0714. The Morgan fingerprint density at radius 1 is 1.15 bits per heavy atom. The molecular formula is C14H13N3O3. The molecule has 0 bridgehead atoms. The van der Waals surface area contributed by atoms with Gasteiger partial charge in [0.15, 0.2) is 0 Å². The SMILES string of the molecule is Cc1ccccc1NNC(=O)c1cccc([N+](=O)[O-])c1. The van der Waals surface area contributed by atoms with E-state index < -0.39 is 10.8 Å². The van der Waals surface area contributed by atoms with Gasteiger partial charge in [0.2, 0.25) is 0 Å². The molecule has 0 aliphatic rings. The highest BCUT2D eigenvalue weighted by molar-refractivity contribution is 5.95. The molecule has 0 aromatic heterocycles. The molecule has 0 aliphatic carbocycles. The van der Waals surface area contributed by atoms with Gasteiger partial charge in [-0.1, -0.05) is 24.3 Å². The summed E-state index contributed by atoms with van der Waals surface area (Å²) >= 11 is 0. The van der Waals surface area contributed by atoms with Crippen LogP contribution in [0, 0.1) is 17.0 Å². The van der Waals surface area contributed by atoms with Gasteiger partial charge in [-0.05, 0) is 24.6 Å². The Kier molecular flexibility index (Phi) is 3.95. The van der Waals surface area contributed by atoms with Crippen LogP contribution in [-0.4, -0.2) is 10.8 Å². The molecule has 2 N–H and O–H groups in total. The van der Waals surface area contributed by atoms with Crippen LogP contribution in [0.1, 0.15) is 15.9 Å². The van der Waals surface area contributed by atoms with Crippen LogP contribution < -0.4 is 10.9 Å². The first-order valence-corrected chi connectivity index (χ1v) is 5.94. The quantitative estimate of drug-likeness (QED) is 0.661. The average molecular weight is 271 g/mol. The van der Waals surface area contributed by atoms with Crippen molar-refractivity contribution in [2.75, 3.05) is 5.43 Å². The number of hydrogen-bond donors (Lipinski definition) is 2. The molecule has 0 saturated carbocycles. The number of rotatable bonds is 4. The van der Waals surface area contributed by atoms with Crippen LogP contribution in [0.4, 0.5) is 11.4 Å². The number of nitro groups is 1. The lowest BCUT2D eigenvalue weighted by atomic mass is 10.2. The first kappa shape index (κ1) is 13.5. The molecule has 0 spiro atoms. The van der Waals surface area contributed by atoms with E-state index in [9.17, 15) is 14.9 Å². The van der Waals surface area contributed by atoms with Crippen molar-refractivity contribution < 1.29 is 9.72 Å². The molecule has 6 heteroatoms. The van der Waals surface area contributed by atoms with E-state index in [1.807, 2.05) is 31.2 Å². The highest BCUT2D eigenvalue weighted by atomic mass is 16.6. The number of nitrogens with one attached hydrogen (secondary N) is 2. The number of amides is 1. The van der Waals surface area contributed by atoms with Gasteiger partial charge < -0.3 is 0 Å². The summed E-state index contributed by atoms with van der Waals surface area (Å²) in [5, 5.41) is 10.7. The maximum absolute atomic E-state index is 11.9. The van der Waals surface area contributed by atoms with Crippen LogP contribution in [0.5, 0.6) is 0 Å². The van der Waals surface area contributed by atoms with Crippen molar-refractivity contribution in [2.45, 2.75) is 6.92 Å². The van der Waals surface area contributed by atoms with Crippen LogP contribution in [0.15, 0.2) is 48.5 Å². The molecule has 0 atom stereocenters. The van der Waals surface area contributed by atoms with Crippen LogP contribution in [0.25, 0.3) is 0 Å². The van der Waals surface area contributed by atoms with Crippen molar-refractivity contribution in [1.82, 2.24) is 5.43 Å². The van der Waals surface area contributed by atoms with Gasteiger partial charge in [0.25, 0.3) is 11.6 Å². The monoisotopic (exact) mass is 271 g/mol. The van der Waals surface area contributed by atoms with E-state index in [4.69, 9.17) is 0 Å². The summed E-state index contributed by atoms with van der Waals surface area (Å²) in [4.78, 5) is 22.0. The van der Waals surface area contributed by atoms with Gasteiger partial charge in [-0.25, -0.2) is 0 Å². The largest absolute Gasteiger partial charge is 0.298 e. The topological polar surface area (TPSA) is 84.3 Å². The van der Waals surface area contributed by atoms with Crippen molar-refractivity contribution in [3.63, 3.8) is 0 Å². The van der Waals surface area contributed by atoms with Crippen molar-refractivity contribution in [3.8, 4) is 0 Å². The number of aryl methyl sites for hydroxylation is 1. The minimum atomic E-state index is -0.536. The Labute approximate surface area is 115 Å². The van der Waals surface area contributed by atoms with Crippen LogP contribution in [0.3, 0.4) is 0 Å². The average Bonchev–Trinajstić information content (AvgIpc) is 2.46. The number of hydrazine groups is 1.